The molecule has 0 radical (unpaired) electrons. The summed E-state index contributed by atoms with van der Waals surface area (Å²) in [6.07, 6.45) is 0. The lowest BCUT2D eigenvalue weighted by Crippen LogP contribution is -2.29. The van der Waals surface area contributed by atoms with Gasteiger partial charge in [0.25, 0.3) is 5.69 Å². The fraction of sp³-hybridized carbons (Fsp3) is 0.0588. The maximum Gasteiger partial charge on any atom is 0.301 e. The second-order valence-electron chi connectivity index (χ2n) is 5.65. The monoisotopic (exact) mass is 382 g/mol. The standard InChI is InChI=1S/C17H14N6O3S/c1-10-2-6-12(7-3-10)19-20-15-14(21-22(16(15)24)17(18)27)11-4-8-13(9-5-11)23(25)26/h2-9,21H,1H3,(H2,18,27). The molecule has 3 N–H and O–H groups in total. The number of aromatic amines is 1. The van der Waals surface area contributed by atoms with Crippen molar-refractivity contribution in [3.8, 4) is 11.3 Å². The number of H-pyrrole nitrogens is 1. The number of non-ortho nitro benzene ring substituents is 1. The number of nitrogens with two attached hydrogens (primary N) is 1. The van der Waals surface area contributed by atoms with Crippen molar-refractivity contribution >= 4 is 34.4 Å². The molecule has 10 heteroatoms. The highest BCUT2D eigenvalue weighted by Gasteiger charge is 2.18. The SMILES string of the molecule is Cc1ccc(N=Nc2c(-c3ccc([N+](=O)[O-])cc3)[nH]n(C(N)=S)c2=O)cc1. The molecule has 0 spiro atoms. The van der Waals surface area contributed by atoms with Gasteiger partial charge in [0.2, 0.25) is 0 Å². The number of hydrogen-bond donors (Lipinski definition) is 2. The molecule has 1 heterocycles. The minimum atomic E-state index is -0.563. The fourth-order valence-corrected chi connectivity index (χ4v) is 2.48. The van der Waals surface area contributed by atoms with Crippen LogP contribution in [0.15, 0.2) is 63.6 Å². The van der Waals surface area contributed by atoms with Gasteiger partial charge in [-0.05, 0) is 43.4 Å². The van der Waals surface area contributed by atoms with Crippen LogP contribution in [0, 0.1) is 17.0 Å². The molecule has 27 heavy (non-hydrogen) atoms. The molecule has 1 aromatic heterocycles. The van der Waals surface area contributed by atoms with Crippen LogP contribution in [0.2, 0.25) is 0 Å². The molecule has 0 bridgehead atoms. The first kappa shape index (κ1) is 18.1. The number of nitrogens with zero attached hydrogens (tertiary/aromatic N) is 4. The van der Waals surface area contributed by atoms with Gasteiger partial charge in [0.1, 0.15) is 0 Å². The third-order valence-corrected chi connectivity index (χ3v) is 3.94. The van der Waals surface area contributed by atoms with Gasteiger partial charge in [-0.1, -0.05) is 17.7 Å². The summed E-state index contributed by atoms with van der Waals surface area (Å²) in [5.74, 6) is 0. The Balaban J connectivity index is 2.09. The molecule has 136 valence electrons. The smallest absolute Gasteiger partial charge is 0.301 e. The van der Waals surface area contributed by atoms with Crippen molar-refractivity contribution in [1.29, 1.82) is 0 Å². The average molecular weight is 382 g/mol. The largest absolute Gasteiger partial charge is 0.374 e. The zero-order valence-electron chi connectivity index (χ0n) is 14.1. The van der Waals surface area contributed by atoms with E-state index in [2.05, 4.69) is 15.3 Å². The Labute approximate surface area is 158 Å². The number of hydrogen-bond acceptors (Lipinski definition) is 6. The molecule has 0 aliphatic rings. The quantitative estimate of drug-likeness (QED) is 0.308. The highest BCUT2D eigenvalue weighted by molar-refractivity contribution is 7.80. The zero-order valence-corrected chi connectivity index (χ0v) is 14.9. The number of azo groups is 1. The molecule has 0 aliphatic carbocycles. The average Bonchev–Trinajstić information content (AvgIpc) is 2.98. The molecule has 0 saturated heterocycles. The first-order valence-corrected chi connectivity index (χ1v) is 8.15. The molecule has 2 aromatic carbocycles. The van der Waals surface area contributed by atoms with Gasteiger partial charge in [0.05, 0.1) is 16.3 Å². The van der Waals surface area contributed by atoms with Crippen molar-refractivity contribution in [1.82, 2.24) is 9.78 Å². The number of thiocarbonyl (C=S) groups is 1. The molecule has 0 atom stereocenters. The highest BCUT2D eigenvalue weighted by Crippen LogP contribution is 2.28. The van der Waals surface area contributed by atoms with Crippen LogP contribution in [-0.2, 0) is 0 Å². The number of benzene rings is 2. The molecular weight excluding hydrogens is 368 g/mol. The summed E-state index contributed by atoms with van der Waals surface area (Å²) in [7, 11) is 0. The van der Waals surface area contributed by atoms with Crippen molar-refractivity contribution in [2.24, 2.45) is 16.0 Å². The Kier molecular flexibility index (Phi) is 4.90. The van der Waals surface area contributed by atoms with Crippen molar-refractivity contribution in [3.63, 3.8) is 0 Å². The van der Waals surface area contributed by atoms with Gasteiger partial charge in [-0.25, -0.2) is 0 Å². The maximum atomic E-state index is 12.6. The Morgan fingerprint density at radius 2 is 1.78 bits per heavy atom. The first-order valence-electron chi connectivity index (χ1n) is 7.75. The molecule has 0 fully saturated rings. The summed E-state index contributed by atoms with van der Waals surface area (Å²) in [5.41, 5.74) is 7.37. The summed E-state index contributed by atoms with van der Waals surface area (Å²) in [6, 6.07) is 12.9. The van der Waals surface area contributed by atoms with E-state index < -0.39 is 10.5 Å². The minimum absolute atomic E-state index is 0.00257. The lowest BCUT2D eigenvalue weighted by atomic mass is 10.1. The third kappa shape index (κ3) is 3.80. The Bertz CT molecular complexity index is 1100. The molecule has 0 saturated carbocycles. The molecule has 0 unspecified atom stereocenters. The number of aryl methyl sites for hydroxylation is 1. The first-order chi connectivity index (χ1) is 12.9. The highest BCUT2D eigenvalue weighted by atomic mass is 32.1. The van der Waals surface area contributed by atoms with Crippen molar-refractivity contribution in [3.05, 3.63) is 74.6 Å². The van der Waals surface area contributed by atoms with Crippen LogP contribution in [0.5, 0.6) is 0 Å². The Hall–Kier alpha value is -3.66. The van der Waals surface area contributed by atoms with E-state index in [1.54, 1.807) is 12.1 Å². The van der Waals surface area contributed by atoms with Gasteiger partial charge >= 0.3 is 5.56 Å². The van der Waals surface area contributed by atoms with E-state index in [1.807, 2.05) is 19.1 Å². The molecular formula is C17H14N6O3S. The maximum absolute atomic E-state index is 12.6. The third-order valence-electron chi connectivity index (χ3n) is 3.75. The Morgan fingerprint density at radius 3 is 2.33 bits per heavy atom. The second-order valence-corrected chi connectivity index (χ2v) is 6.07. The Morgan fingerprint density at radius 1 is 1.15 bits per heavy atom. The predicted octanol–water partition coefficient (Wildman–Crippen LogP) is 3.57. The number of nitro groups is 1. The summed E-state index contributed by atoms with van der Waals surface area (Å²) in [4.78, 5) is 22.9. The van der Waals surface area contributed by atoms with Crippen LogP contribution in [0.25, 0.3) is 11.3 Å². The van der Waals surface area contributed by atoms with Gasteiger partial charge in [-0.3, -0.25) is 20.0 Å². The van der Waals surface area contributed by atoms with Gasteiger partial charge in [-0.2, -0.15) is 9.80 Å². The summed E-state index contributed by atoms with van der Waals surface area (Å²) < 4.78 is 0.968. The van der Waals surface area contributed by atoms with Gasteiger partial charge in [0.15, 0.2) is 10.8 Å². The van der Waals surface area contributed by atoms with Crippen LogP contribution < -0.4 is 11.3 Å². The number of rotatable bonds is 4. The van der Waals surface area contributed by atoms with E-state index in [0.717, 1.165) is 10.2 Å². The summed E-state index contributed by atoms with van der Waals surface area (Å²) in [6.45, 7) is 1.95. The summed E-state index contributed by atoms with van der Waals surface area (Å²) in [5, 5.41) is 21.6. The molecule has 3 aromatic rings. The van der Waals surface area contributed by atoms with E-state index in [1.165, 1.54) is 24.3 Å². The van der Waals surface area contributed by atoms with Crippen molar-refractivity contribution in [2.45, 2.75) is 6.92 Å². The van der Waals surface area contributed by atoms with E-state index in [-0.39, 0.29) is 16.5 Å². The second kappa shape index (κ2) is 7.30. The van der Waals surface area contributed by atoms with Crippen LogP contribution >= 0.6 is 12.2 Å². The molecule has 0 amide bonds. The minimum Gasteiger partial charge on any atom is -0.374 e. The normalized spacial score (nSPS) is 11.0. The van der Waals surface area contributed by atoms with Crippen molar-refractivity contribution in [2.75, 3.05) is 0 Å². The van der Waals surface area contributed by atoms with Gasteiger partial charge in [0, 0.05) is 17.7 Å². The van der Waals surface area contributed by atoms with E-state index >= 15 is 0 Å². The van der Waals surface area contributed by atoms with Gasteiger partial charge < -0.3 is 5.73 Å². The fourth-order valence-electron chi connectivity index (χ4n) is 2.35. The van der Waals surface area contributed by atoms with E-state index in [4.69, 9.17) is 18.0 Å². The van der Waals surface area contributed by atoms with Crippen LogP contribution in [-0.4, -0.2) is 19.8 Å². The lowest BCUT2D eigenvalue weighted by molar-refractivity contribution is -0.384. The zero-order chi connectivity index (χ0) is 19.6. The number of nitrogens with one attached hydrogen (secondary N) is 1. The van der Waals surface area contributed by atoms with Crippen LogP contribution in [0.3, 0.4) is 0 Å². The number of aromatic nitrogens is 2. The molecule has 9 nitrogen and oxygen atoms in total. The summed E-state index contributed by atoms with van der Waals surface area (Å²) >= 11 is 4.87. The molecule has 0 aliphatic heterocycles. The topological polar surface area (TPSA) is 132 Å². The van der Waals surface area contributed by atoms with E-state index in [9.17, 15) is 14.9 Å². The predicted molar refractivity (Wildman–Crippen MR) is 105 cm³/mol. The molecule has 3 rings (SSSR count). The van der Waals surface area contributed by atoms with Crippen molar-refractivity contribution < 1.29 is 4.92 Å². The van der Waals surface area contributed by atoms with Crippen LogP contribution in [0.4, 0.5) is 17.1 Å². The number of nitro benzene ring substituents is 1. The van der Waals surface area contributed by atoms with Crippen LogP contribution in [0.1, 0.15) is 5.56 Å². The lowest BCUT2D eigenvalue weighted by Gasteiger charge is -2.00. The van der Waals surface area contributed by atoms with E-state index in [0.29, 0.717) is 16.9 Å². The van der Waals surface area contributed by atoms with Gasteiger partial charge in [-0.15, -0.1) is 5.11 Å².